The van der Waals surface area contributed by atoms with Gasteiger partial charge in [0.2, 0.25) is 0 Å². The number of piperazine rings is 1. The third-order valence-electron chi connectivity index (χ3n) is 9.94. The molecule has 3 fully saturated rings. The molecular formula is C35H81N6O10P. The molecular weight excluding hydrogens is 695 g/mol. The zero-order valence-electron chi connectivity index (χ0n) is 36.3. The largest absolute Gasteiger partial charge is 0.474 e. The summed E-state index contributed by atoms with van der Waals surface area (Å²) < 4.78 is 35.4. The Hall–Kier alpha value is -0.980. The Morgan fingerprint density at radius 2 is 0.981 bits per heavy atom. The molecule has 3 rings (SSSR count). The molecule has 0 saturated carbocycles. The van der Waals surface area contributed by atoms with Crippen molar-refractivity contribution in [2.45, 2.75) is 77.7 Å². The number of nitrogens with zero attached hydrogens (tertiary/aromatic N) is 6. The van der Waals surface area contributed by atoms with Crippen molar-refractivity contribution in [3.8, 4) is 0 Å². The minimum Gasteiger partial charge on any atom is -0.394 e. The van der Waals surface area contributed by atoms with Crippen LogP contribution in [-0.4, -0.2) is 223 Å². The molecule has 0 bridgehead atoms. The van der Waals surface area contributed by atoms with Crippen molar-refractivity contribution in [1.82, 2.24) is 29.4 Å². The summed E-state index contributed by atoms with van der Waals surface area (Å²) in [5.41, 5.74) is 0.233. The number of aliphatic hydroxyl groups is 3. The van der Waals surface area contributed by atoms with E-state index >= 15 is 0 Å². The van der Waals surface area contributed by atoms with E-state index in [1.54, 1.807) is 9.80 Å². The van der Waals surface area contributed by atoms with Gasteiger partial charge in [-0.2, -0.15) is 0 Å². The predicted octanol–water partition coefficient (Wildman–Crippen LogP) is 2.47. The van der Waals surface area contributed by atoms with Crippen molar-refractivity contribution >= 4 is 13.9 Å². The number of aliphatic hydroxyl groups excluding tert-OH is 3. The van der Waals surface area contributed by atoms with Gasteiger partial charge in [-0.1, -0.05) is 0 Å². The molecule has 0 aromatic rings. The van der Waals surface area contributed by atoms with Crippen molar-refractivity contribution in [1.29, 1.82) is 0 Å². The number of hydrogen-bond donors (Lipinski definition) is 3. The molecule has 0 aromatic carbocycles. The number of carbonyl (C=O) groups is 1. The lowest BCUT2D eigenvalue weighted by Crippen LogP contribution is -2.68. The lowest BCUT2D eigenvalue weighted by atomic mass is 9.78. The molecule has 0 radical (unpaired) electrons. The highest BCUT2D eigenvalue weighted by molar-refractivity contribution is 7.48. The molecule has 16 nitrogen and oxygen atoms in total. The number of urea groups is 1. The van der Waals surface area contributed by atoms with E-state index in [9.17, 15) is 9.36 Å². The van der Waals surface area contributed by atoms with Gasteiger partial charge in [0.05, 0.1) is 50.8 Å². The summed E-state index contributed by atoms with van der Waals surface area (Å²) in [6.45, 7) is 24.8. The molecule has 2 amide bonds. The molecule has 3 N–H and O–H groups in total. The normalized spacial score (nSPS) is 20.6. The summed E-state index contributed by atoms with van der Waals surface area (Å²) in [5, 5.41) is 23.5. The van der Waals surface area contributed by atoms with Crippen LogP contribution in [0.1, 0.15) is 55.4 Å². The van der Waals surface area contributed by atoms with Crippen LogP contribution in [0.3, 0.4) is 0 Å². The van der Waals surface area contributed by atoms with Gasteiger partial charge in [0, 0.05) is 78.7 Å². The highest BCUT2D eigenvalue weighted by Gasteiger charge is 2.45. The first-order valence-corrected chi connectivity index (χ1v) is 19.3. The van der Waals surface area contributed by atoms with Gasteiger partial charge in [0.25, 0.3) is 0 Å². The van der Waals surface area contributed by atoms with Crippen molar-refractivity contribution in [3.63, 3.8) is 0 Å². The second kappa shape index (κ2) is 26.8. The maximum absolute atomic E-state index is 10.9. The number of carbonyl (C=O) groups excluding carboxylic acids is 1. The molecule has 17 heteroatoms. The van der Waals surface area contributed by atoms with E-state index in [1.807, 2.05) is 14.1 Å². The monoisotopic (exact) mass is 777 g/mol. The number of rotatable bonds is 9. The van der Waals surface area contributed by atoms with Crippen LogP contribution in [0.2, 0.25) is 0 Å². The topological polar surface area (TPSA) is 160 Å². The molecule has 0 unspecified atom stereocenters. The summed E-state index contributed by atoms with van der Waals surface area (Å²) >= 11 is 0. The highest BCUT2D eigenvalue weighted by Crippen LogP contribution is 2.47. The van der Waals surface area contributed by atoms with Crippen LogP contribution in [-0.2, 0) is 27.6 Å². The molecule has 316 valence electrons. The van der Waals surface area contributed by atoms with Crippen molar-refractivity contribution in [2.24, 2.45) is 0 Å². The number of amides is 2. The zero-order chi connectivity index (χ0) is 41.6. The van der Waals surface area contributed by atoms with Gasteiger partial charge >= 0.3 is 13.9 Å². The Balaban J connectivity index is -0.000000566. The molecule has 3 heterocycles. The van der Waals surface area contributed by atoms with Crippen LogP contribution in [0.4, 0.5) is 4.79 Å². The van der Waals surface area contributed by atoms with Gasteiger partial charge in [-0.15, -0.1) is 0 Å². The molecule has 52 heavy (non-hydrogen) atoms. The predicted molar refractivity (Wildman–Crippen MR) is 210 cm³/mol. The number of phosphoric acid groups is 1. The van der Waals surface area contributed by atoms with Gasteiger partial charge in [-0.3, -0.25) is 23.4 Å². The van der Waals surface area contributed by atoms with E-state index in [4.69, 9.17) is 24.8 Å². The molecule has 0 aliphatic carbocycles. The lowest BCUT2D eigenvalue weighted by Gasteiger charge is -2.56. The van der Waals surface area contributed by atoms with Crippen LogP contribution in [0, 0.1) is 0 Å². The smallest absolute Gasteiger partial charge is 0.394 e. The molecule has 0 spiro atoms. The van der Waals surface area contributed by atoms with Crippen LogP contribution >= 0.6 is 7.82 Å². The van der Waals surface area contributed by atoms with Gasteiger partial charge in [0.15, 0.2) is 0 Å². The highest BCUT2D eigenvalue weighted by atomic mass is 31.2. The summed E-state index contributed by atoms with van der Waals surface area (Å²) in [6.07, 6.45) is 0. The van der Waals surface area contributed by atoms with Gasteiger partial charge < -0.3 is 44.4 Å². The Labute approximate surface area is 317 Å². The fraction of sp³-hybridized carbons (Fsp3) is 0.971. The van der Waals surface area contributed by atoms with Gasteiger partial charge in [-0.05, 0) is 97.7 Å². The van der Waals surface area contributed by atoms with Gasteiger partial charge in [-0.25, -0.2) is 9.36 Å². The Bertz CT molecular complexity index is 906. The third-order valence-corrected chi connectivity index (χ3v) is 11.3. The molecule has 3 saturated heterocycles. The number of ether oxygens (including phenoxy) is 2. The number of hydrogen-bond acceptors (Lipinski definition) is 14. The summed E-state index contributed by atoms with van der Waals surface area (Å²) in [4.78, 5) is 23.4. The number of likely N-dealkylation sites (N-methyl/N-ethyl adjacent to an activating group) is 6. The number of phosphoric ester groups is 1. The second-order valence-electron chi connectivity index (χ2n) is 15.2. The molecule has 0 atom stereocenters. The maximum Gasteiger partial charge on any atom is 0.474 e. The first-order chi connectivity index (χ1) is 23.7. The Morgan fingerprint density at radius 3 is 1.17 bits per heavy atom. The fourth-order valence-electron chi connectivity index (χ4n) is 4.25. The summed E-state index contributed by atoms with van der Waals surface area (Å²) in [7, 11) is 15.5. The Morgan fingerprint density at radius 1 is 0.654 bits per heavy atom. The lowest BCUT2D eigenvalue weighted by molar-refractivity contribution is -0.230. The SMILES string of the molecule is CC1(C)OCCOC1(C)C.CN(C)CCN(C)C.CN1CCN(C)C(C)(C)C1(C)C.CN1CCN(C)C1=O.COP(=O)(OC)OCCO.OCCO. The quantitative estimate of drug-likeness (QED) is 0.293. The van der Waals surface area contributed by atoms with E-state index < -0.39 is 7.82 Å². The zero-order valence-corrected chi connectivity index (χ0v) is 37.2. The first kappa shape index (κ1) is 55.4. The van der Waals surface area contributed by atoms with Crippen LogP contribution in [0.5, 0.6) is 0 Å². The second-order valence-corrected chi connectivity index (χ2v) is 17.1. The average molecular weight is 777 g/mol. The van der Waals surface area contributed by atoms with Gasteiger partial charge in [0.1, 0.15) is 0 Å². The van der Waals surface area contributed by atoms with Crippen molar-refractivity contribution < 1.29 is 47.7 Å². The average Bonchev–Trinajstić information content (AvgIpc) is 3.37. The van der Waals surface area contributed by atoms with E-state index in [-0.39, 0.29) is 54.7 Å². The summed E-state index contributed by atoms with van der Waals surface area (Å²) in [5.74, 6) is 0. The van der Waals surface area contributed by atoms with Crippen LogP contribution < -0.4 is 0 Å². The molecule has 3 aliphatic heterocycles. The van der Waals surface area contributed by atoms with E-state index in [2.05, 4.69) is 131 Å². The summed E-state index contributed by atoms with van der Waals surface area (Å²) in [6, 6.07) is 0.130. The Kier molecular flexibility index (Phi) is 28.5. The maximum atomic E-state index is 10.9. The molecule has 3 aliphatic rings. The van der Waals surface area contributed by atoms with Crippen LogP contribution in [0.15, 0.2) is 0 Å². The minimum atomic E-state index is -3.36. The minimum absolute atomic E-state index is 0.0566. The van der Waals surface area contributed by atoms with E-state index in [0.29, 0.717) is 0 Å². The van der Waals surface area contributed by atoms with E-state index in [1.165, 1.54) is 27.3 Å². The molecule has 0 aromatic heterocycles. The van der Waals surface area contributed by atoms with Crippen LogP contribution in [0.25, 0.3) is 0 Å². The third kappa shape index (κ3) is 21.2. The first-order valence-electron chi connectivity index (χ1n) is 17.8. The fourth-order valence-corrected chi connectivity index (χ4v) is 4.91. The van der Waals surface area contributed by atoms with Crippen molar-refractivity contribution in [2.75, 3.05) is 150 Å². The van der Waals surface area contributed by atoms with E-state index in [0.717, 1.165) is 39.4 Å². The van der Waals surface area contributed by atoms with Crippen molar-refractivity contribution in [3.05, 3.63) is 0 Å². The standard InChI is InChI=1S/C10H22N2.C8H16O2.C6H16N2.C5H10N2O.C4H11O5P.C2H6O2/c1-9(2)10(3,4)12(6)8-7-11(9)5;1-7(2)8(3,4)10-6-5-9-7;1-7(2)5-6-8(3)4;1-6-3-4-7(2)5(6)8;1-7-10(6,8-2)9-4-3-5;3-1-2-4/h7-8H2,1-6H3;5-6H2,1-4H3;5-6H2,1-4H3;3-4H2,1-2H3;5H,3-4H2,1-2H3;3-4H,1-2H2.